The van der Waals surface area contributed by atoms with Gasteiger partial charge in [-0.15, -0.1) is 0 Å². The third-order valence-electron chi connectivity index (χ3n) is 2.12. The molecule has 0 aliphatic carbocycles. The lowest BCUT2D eigenvalue weighted by Gasteiger charge is -2.05. The van der Waals surface area contributed by atoms with E-state index in [1.807, 2.05) is 6.92 Å². The van der Waals surface area contributed by atoms with Crippen LogP contribution in [0.5, 0.6) is 0 Å². The molecule has 0 aromatic rings. The zero-order chi connectivity index (χ0) is 9.84. The minimum Gasteiger partial charge on any atom is -0.466 e. The number of nitrogens with one attached hydrogen (secondary N) is 1. The summed E-state index contributed by atoms with van der Waals surface area (Å²) in [5, 5.41) is 2.77. The molecule has 0 radical (unpaired) electrons. The molecule has 1 aliphatic rings. The second-order valence-electron chi connectivity index (χ2n) is 3.35. The van der Waals surface area contributed by atoms with Crippen LogP contribution in [0.2, 0.25) is 0 Å². The summed E-state index contributed by atoms with van der Waals surface area (Å²) >= 11 is 0. The lowest BCUT2D eigenvalue weighted by molar-refractivity contribution is -0.145. The van der Waals surface area contributed by atoms with E-state index in [0.717, 1.165) is 6.42 Å². The van der Waals surface area contributed by atoms with Crippen molar-refractivity contribution in [2.24, 2.45) is 5.92 Å². The van der Waals surface area contributed by atoms with Gasteiger partial charge in [-0.2, -0.15) is 0 Å². The van der Waals surface area contributed by atoms with Crippen LogP contribution in [-0.2, 0) is 14.3 Å². The quantitative estimate of drug-likeness (QED) is 0.650. The average molecular weight is 185 g/mol. The summed E-state index contributed by atoms with van der Waals surface area (Å²) in [5.74, 6) is -0.494. The van der Waals surface area contributed by atoms with Gasteiger partial charge in [0.25, 0.3) is 0 Å². The van der Waals surface area contributed by atoms with Crippen LogP contribution < -0.4 is 5.32 Å². The number of ether oxygens (including phenoxy) is 1. The van der Waals surface area contributed by atoms with Crippen molar-refractivity contribution in [1.82, 2.24) is 5.32 Å². The van der Waals surface area contributed by atoms with E-state index < -0.39 is 0 Å². The molecule has 1 fully saturated rings. The summed E-state index contributed by atoms with van der Waals surface area (Å²) in [6.07, 6.45) is 0.946. The van der Waals surface area contributed by atoms with E-state index >= 15 is 0 Å². The van der Waals surface area contributed by atoms with Crippen LogP contribution >= 0.6 is 0 Å². The van der Waals surface area contributed by atoms with E-state index in [-0.39, 0.29) is 30.3 Å². The third kappa shape index (κ3) is 2.72. The molecule has 0 aromatic heterocycles. The molecule has 1 aliphatic heterocycles. The number of amides is 1. The summed E-state index contributed by atoms with van der Waals surface area (Å²) in [5.41, 5.74) is 0. The van der Waals surface area contributed by atoms with E-state index in [4.69, 9.17) is 4.74 Å². The third-order valence-corrected chi connectivity index (χ3v) is 2.12. The topological polar surface area (TPSA) is 55.4 Å². The van der Waals surface area contributed by atoms with Gasteiger partial charge in [-0.05, 0) is 20.3 Å². The largest absolute Gasteiger partial charge is 0.466 e. The Hall–Kier alpha value is -1.06. The average Bonchev–Trinajstić information content (AvgIpc) is 2.30. The molecule has 0 bridgehead atoms. The molecule has 1 saturated heterocycles. The van der Waals surface area contributed by atoms with Gasteiger partial charge in [0.1, 0.15) is 0 Å². The smallest absolute Gasteiger partial charge is 0.306 e. The number of carbonyl (C=O) groups excluding carboxylic acids is 2. The Morgan fingerprint density at radius 2 is 2.38 bits per heavy atom. The van der Waals surface area contributed by atoms with Gasteiger partial charge in [0.2, 0.25) is 5.91 Å². The van der Waals surface area contributed by atoms with Crippen molar-refractivity contribution >= 4 is 11.9 Å². The summed E-state index contributed by atoms with van der Waals surface area (Å²) < 4.78 is 4.77. The van der Waals surface area contributed by atoms with Gasteiger partial charge < -0.3 is 10.1 Å². The van der Waals surface area contributed by atoms with E-state index in [2.05, 4.69) is 5.32 Å². The van der Waals surface area contributed by atoms with Crippen molar-refractivity contribution in [1.29, 1.82) is 0 Å². The summed E-state index contributed by atoms with van der Waals surface area (Å²) in [7, 11) is 0. The molecule has 1 heterocycles. The maximum Gasteiger partial charge on any atom is 0.306 e. The zero-order valence-electron chi connectivity index (χ0n) is 8.00. The maximum absolute atomic E-state index is 11.2. The fourth-order valence-electron chi connectivity index (χ4n) is 1.55. The van der Waals surface area contributed by atoms with Crippen molar-refractivity contribution in [2.45, 2.75) is 32.7 Å². The number of carbonyl (C=O) groups is 2. The predicted octanol–water partition coefficient (Wildman–Crippen LogP) is 0.464. The van der Waals surface area contributed by atoms with E-state index in [9.17, 15) is 9.59 Å². The van der Waals surface area contributed by atoms with Crippen LogP contribution in [0.4, 0.5) is 0 Å². The van der Waals surface area contributed by atoms with Crippen LogP contribution in [0, 0.1) is 5.92 Å². The molecular formula is C9H15NO3. The molecule has 0 unspecified atom stereocenters. The van der Waals surface area contributed by atoms with Crippen molar-refractivity contribution < 1.29 is 14.3 Å². The van der Waals surface area contributed by atoms with Crippen molar-refractivity contribution in [3.8, 4) is 0 Å². The van der Waals surface area contributed by atoms with Crippen LogP contribution in [-0.4, -0.2) is 24.5 Å². The molecule has 74 valence electrons. The molecular weight excluding hydrogens is 170 g/mol. The van der Waals surface area contributed by atoms with Crippen LogP contribution in [0.1, 0.15) is 26.7 Å². The second-order valence-corrected chi connectivity index (χ2v) is 3.35. The highest BCUT2D eigenvalue weighted by molar-refractivity contribution is 5.85. The summed E-state index contributed by atoms with van der Waals surface area (Å²) in [6, 6.07) is 0.187. The Morgan fingerprint density at radius 3 is 2.85 bits per heavy atom. The van der Waals surface area contributed by atoms with Gasteiger partial charge in [-0.25, -0.2) is 0 Å². The highest BCUT2D eigenvalue weighted by Gasteiger charge is 2.31. The Labute approximate surface area is 77.6 Å². The highest BCUT2D eigenvalue weighted by atomic mass is 16.5. The minimum absolute atomic E-state index is 0.0273. The molecule has 4 heteroatoms. The van der Waals surface area contributed by atoms with Gasteiger partial charge in [0.05, 0.1) is 18.9 Å². The van der Waals surface area contributed by atoms with Crippen molar-refractivity contribution in [3.63, 3.8) is 0 Å². The first-order valence-corrected chi connectivity index (χ1v) is 4.59. The molecule has 13 heavy (non-hydrogen) atoms. The van der Waals surface area contributed by atoms with E-state index in [1.54, 1.807) is 6.92 Å². The molecule has 1 N–H and O–H groups in total. The van der Waals surface area contributed by atoms with Crippen LogP contribution in [0.15, 0.2) is 0 Å². The first-order valence-electron chi connectivity index (χ1n) is 4.59. The lowest BCUT2D eigenvalue weighted by Crippen LogP contribution is -2.24. The first-order chi connectivity index (χ1) is 6.13. The predicted molar refractivity (Wildman–Crippen MR) is 47.0 cm³/mol. The monoisotopic (exact) mass is 185 g/mol. The Bertz CT molecular complexity index is 215. The van der Waals surface area contributed by atoms with Gasteiger partial charge in [0, 0.05) is 6.04 Å². The van der Waals surface area contributed by atoms with Gasteiger partial charge >= 0.3 is 5.97 Å². The van der Waals surface area contributed by atoms with Crippen molar-refractivity contribution in [3.05, 3.63) is 0 Å². The Kier molecular flexibility index (Phi) is 3.28. The standard InChI is InChI=1S/C9H15NO3/c1-3-13-8(11)5-7-4-6(2)10-9(7)12/h6-7H,3-5H2,1-2H3,(H,10,12)/t6-,7+/m1/s1. The van der Waals surface area contributed by atoms with Gasteiger partial charge in [0.15, 0.2) is 0 Å². The second kappa shape index (κ2) is 4.25. The summed E-state index contributed by atoms with van der Waals surface area (Å²) in [6.45, 7) is 4.07. The van der Waals surface area contributed by atoms with E-state index in [0.29, 0.717) is 6.61 Å². The molecule has 0 saturated carbocycles. The number of hydrogen-bond acceptors (Lipinski definition) is 3. The summed E-state index contributed by atoms with van der Waals surface area (Å²) in [4.78, 5) is 22.3. The van der Waals surface area contributed by atoms with Gasteiger partial charge in [-0.1, -0.05) is 0 Å². The van der Waals surface area contributed by atoms with E-state index in [1.165, 1.54) is 0 Å². The molecule has 4 nitrogen and oxygen atoms in total. The fourth-order valence-corrected chi connectivity index (χ4v) is 1.55. The number of esters is 1. The molecule has 0 aromatic carbocycles. The molecule has 1 amide bonds. The molecule has 0 spiro atoms. The SMILES string of the molecule is CCOC(=O)C[C@@H]1C[C@@H](C)NC1=O. The molecule has 1 rings (SSSR count). The van der Waals surface area contributed by atoms with Crippen LogP contribution in [0.25, 0.3) is 0 Å². The highest BCUT2D eigenvalue weighted by Crippen LogP contribution is 2.18. The maximum atomic E-state index is 11.2. The number of hydrogen-bond donors (Lipinski definition) is 1. The zero-order valence-corrected chi connectivity index (χ0v) is 8.00. The molecule has 2 atom stereocenters. The normalized spacial score (nSPS) is 27.1. The minimum atomic E-state index is -0.281. The Balaban J connectivity index is 2.37. The lowest BCUT2D eigenvalue weighted by atomic mass is 10.0. The number of rotatable bonds is 3. The fraction of sp³-hybridized carbons (Fsp3) is 0.778. The first kappa shape index (κ1) is 10.0. The van der Waals surface area contributed by atoms with Gasteiger partial charge in [-0.3, -0.25) is 9.59 Å². The van der Waals surface area contributed by atoms with Crippen molar-refractivity contribution in [2.75, 3.05) is 6.61 Å². The Morgan fingerprint density at radius 1 is 1.69 bits per heavy atom. The van der Waals surface area contributed by atoms with Crippen LogP contribution in [0.3, 0.4) is 0 Å².